The summed E-state index contributed by atoms with van der Waals surface area (Å²) < 4.78 is 0. The monoisotopic (exact) mass is 322 g/mol. The third-order valence-corrected chi connectivity index (χ3v) is 4.66. The van der Waals surface area contributed by atoms with Gasteiger partial charge in [-0.2, -0.15) is 0 Å². The fourth-order valence-corrected chi connectivity index (χ4v) is 3.31. The molecule has 0 bridgehead atoms. The lowest BCUT2D eigenvalue weighted by Gasteiger charge is -2.17. The molecule has 0 radical (unpaired) electrons. The molecule has 0 aliphatic carbocycles. The van der Waals surface area contributed by atoms with Crippen LogP contribution >= 0.6 is 11.8 Å². The van der Waals surface area contributed by atoms with E-state index >= 15 is 0 Å². The zero-order chi connectivity index (χ0) is 16.2. The van der Waals surface area contributed by atoms with E-state index in [1.54, 1.807) is 11.9 Å². The standard InChI is InChI=1S/C19H18N2OS/c1-14-12-18(20-17-11-7-6-10-16(14)17)23-13-19(22)21(2)15-8-4-3-5-9-15/h3-12H,13H2,1-2H3. The fourth-order valence-electron chi connectivity index (χ4n) is 2.42. The first kappa shape index (κ1) is 15.6. The molecule has 0 atom stereocenters. The highest BCUT2D eigenvalue weighted by Gasteiger charge is 2.12. The van der Waals surface area contributed by atoms with Crippen LogP contribution in [-0.2, 0) is 4.79 Å². The molecule has 0 saturated heterocycles. The number of amides is 1. The molecule has 0 spiro atoms. The predicted octanol–water partition coefficient (Wildman–Crippen LogP) is 4.30. The van der Waals surface area contributed by atoms with Crippen molar-refractivity contribution in [2.24, 2.45) is 0 Å². The average Bonchev–Trinajstić information content (AvgIpc) is 2.60. The summed E-state index contributed by atoms with van der Waals surface area (Å²) in [5.74, 6) is 0.435. The number of para-hydroxylation sites is 2. The first-order valence-electron chi connectivity index (χ1n) is 7.46. The third kappa shape index (κ3) is 3.54. The van der Waals surface area contributed by atoms with Crippen molar-refractivity contribution in [3.8, 4) is 0 Å². The van der Waals surface area contributed by atoms with E-state index in [0.717, 1.165) is 21.6 Å². The van der Waals surface area contributed by atoms with E-state index in [-0.39, 0.29) is 5.91 Å². The van der Waals surface area contributed by atoms with Crippen molar-refractivity contribution in [1.29, 1.82) is 0 Å². The van der Waals surface area contributed by atoms with Crippen LogP contribution in [0.2, 0.25) is 0 Å². The van der Waals surface area contributed by atoms with Gasteiger partial charge in [0.1, 0.15) is 0 Å². The Morgan fingerprint density at radius 3 is 2.57 bits per heavy atom. The summed E-state index contributed by atoms with van der Waals surface area (Å²) in [5, 5.41) is 2.04. The molecule has 0 aliphatic heterocycles. The van der Waals surface area contributed by atoms with Gasteiger partial charge in [0.05, 0.1) is 16.3 Å². The maximum atomic E-state index is 12.3. The minimum absolute atomic E-state index is 0.0637. The largest absolute Gasteiger partial charge is 0.315 e. The molecule has 1 amide bonds. The molecule has 1 aromatic heterocycles. The molecular weight excluding hydrogens is 304 g/mol. The van der Waals surface area contributed by atoms with E-state index in [2.05, 4.69) is 18.0 Å². The van der Waals surface area contributed by atoms with E-state index in [1.807, 2.05) is 54.6 Å². The number of nitrogens with zero attached hydrogens (tertiary/aromatic N) is 2. The Morgan fingerprint density at radius 2 is 1.78 bits per heavy atom. The molecule has 3 rings (SSSR count). The molecule has 23 heavy (non-hydrogen) atoms. The molecule has 0 saturated carbocycles. The van der Waals surface area contributed by atoms with Crippen LogP contribution < -0.4 is 4.90 Å². The molecule has 2 aromatic carbocycles. The summed E-state index contributed by atoms with van der Waals surface area (Å²) in [6.07, 6.45) is 0. The first-order chi connectivity index (χ1) is 11.1. The van der Waals surface area contributed by atoms with Crippen LogP contribution in [0.1, 0.15) is 5.56 Å². The highest BCUT2D eigenvalue weighted by atomic mass is 32.2. The van der Waals surface area contributed by atoms with E-state index in [0.29, 0.717) is 5.75 Å². The first-order valence-corrected chi connectivity index (χ1v) is 8.44. The van der Waals surface area contributed by atoms with Gasteiger partial charge in [-0.25, -0.2) is 4.98 Å². The van der Waals surface area contributed by atoms with E-state index in [4.69, 9.17) is 0 Å². The van der Waals surface area contributed by atoms with Gasteiger partial charge in [0, 0.05) is 18.1 Å². The van der Waals surface area contributed by atoms with Gasteiger partial charge in [0.25, 0.3) is 0 Å². The Morgan fingerprint density at radius 1 is 1.09 bits per heavy atom. The fraction of sp³-hybridized carbons (Fsp3) is 0.158. The van der Waals surface area contributed by atoms with Gasteiger partial charge in [-0.3, -0.25) is 4.79 Å². The molecule has 116 valence electrons. The van der Waals surface area contributed by atoms with E-state index in [1.165, 1.54) is 17.3 Å². The zero-order valence-electron chi connectivity index (χ0n) is 13.2. The molecule has 0 fully saturated rings. The van der Waals surface area contributed by atoms with Crippen molar-refractivity contribution in [3.63, 3.8) is 0 Å². The van der Waals surface area contributed by atoms with Crippen LogP contribution in [-0.4, -0.2) is 23.7 Å². The average molecular weight is 322 g/mol. The normalized spacial score (nSPS) is 10.7. The third-order valence-electron chi connectivity index (χ3n) is 3.76. The SMILES string of the molecule is Cc1cc(SCC(=O)N(C)c2ccccc2)nc2ccccc12. The minimum atomic E-state index is 0.0637. The van der Waals surface area contributed by atoms with Crippen molar-refractivity contribution in [1.82, 2.24) is 4.98 Å². The van der Waals surface area contributed by atoms with Gasteiger partial charge in [-0.05, 0) is 36.8 Å². The number of carbonyl (C=O) groups is 1. The Hall–Kier alpha value is -2.33. The summed E-state index contributed by atoms with van der Waals surface area (Å²) in [5.41, 5.74) is 3.06. The lowest BCUT2D eigenvalue weighted by molar-refractivity contribution is -0.115. The summed E-state index contributed by atoms with van der Waals surface area (Å²) in [4.78, 5) is 18.7. The molecule has 3 aromatic rings. The molecular formula is C19H18N2OS. The predicted molar refractivity (Wildman–Crippen MR) is 97.1 cm³/mol. The number of rotatable bonds is 4. The van der Waals surface area contributed by atoms with Gasteiger partial charge in [0.15, 0.2) is 0 Å². The summed E-state index contributed by atoms with van der Waals surface area (Å²) in [6.45, 7) is 2.08. The van der Waals surface area contributed by atoms with Gasteiger partial charge in [-0.1, -0.05) is 48.2 Å². The summed E-state index contributed by atoms with van der Waals surface area (Å²) in [7, 11) is 1.80. The van der Waals surface area contributed by atoms with Gasteiger partial charge in [0.2, 0.25) is 5.91 Å². The Labute approximate surface area is 140 Å². The second-order valence-electron chi connectivity index (χ2n) is 5.37. The number of benzene rings is 2. The zero-order valence-corrected chi connectivity index (χ0v) is 14.0. The number of hydrogen-bond acceptors (Lipinski definition) is 3. The minimum Gasteiger partial charge on any atom is -0.315 e. The van der Waals surface area contributed by atoms with Gasteiger partial charge >= 0.3 is 0 Å². The second-order valence-corrected chi connectivity index (χ2v) is 6.37. The summed E-state index contributed by atoms with van der Waals surface area (Å²) >= 11 is 1.48. The topological polar surface area (TPSA) is 33.2 Å². The summed E-state index contributed by atoms with van der Waals surface area (Å²) in [6, 6.07) is 19.8. The molecule has 0 unspecified atom stereocenters. The number of aryl methyl sites for hydroxylation is 1. The lowest BCUT2D eigenvalue weighted by Crippen LogP contribution is -2.27. The van der Waals surface area contributed by atoms with Crippen molar-refractivity contribution >= 4 is 34.3 Å². The van der Waals surface area contributed by atoms with E-state index in [9.17, 15) is 4.79 Å². The molecule has 0 aliphatic rings. The number of carbonyl (C=O) groups excluding carboxylic acids is 1. The number of pyridine rings is 1. The Balaban J connectivity index is 1.72. The van der Waals surface area contributed by atoms with Crippen LogP contribution in [0.5, 0.6) is 0 Å². The van der Waals surface area contributed by atoms with Crippen molar-refractivity contribution < 1.29 is 4.79 Å². The van der Waals surface area contributed by atoms with Crippen molar-refractivity contribution in [3.05, 3.63) is 66.2 Å². The molecule has 1 heterocycles. The van der Waals surface area contributed by atoms with E-state index < -0.39 is 0 Å². The molecule has 4 heteroatoms. The van der Waals surface area contributed by atoms with Gasteiger partial charge < -0.3 is 4.90 Å². The van der Waals surface area contributed by atoms with Gasteiger partial charge in [-0.15, -0.1) is 0 Å². The second kappa shape index (κ2) is 6.84. The number of anilines is 1. The number of aromatic nitrogens is 1. The van der Waals surface area contributed by atoms with Crippen LogP contribution in [0.4, 0.5) is 5.69 Å². The number of thioether (sulfide) groups is 1. The lowest BCUT2D eigenvalue weighted by atomic mass is 10.1. The van der Waals surface area contributed by atoms with Crippen LogP contribution in [0, 0.1) is 6.92 Å². The van der Waals surface area contributed by atoms with Crippen LogP contribution in [0.25, 0.3) is 10.9 Å². The van der Waals surface area contributed by atoms with Crippen LogP contribution in [0.3, 0.4) is 0 Å². The maximum Gasteiger partial charge on any atom is 0.237 e. The molecule has 0 N–H and O–H groups in total. The molecule has 3 nitrogen and oxygen atoms in total. The van der Waals surface area contributed by atoms with Crippen molar-refractivity contribution in [2.75, 3.05) is 17.7 Å². The quantitative estimate of drug-likeness (QED) is 0.672. The number of hydrogen-bond donors (Lipinski definition) is 0. The number of fused-ring (bicyclic) bond motifs is 1. The smallest absolute Gasteiger partial charge is 0.237 e. The highest BCUT2D eigenvalue weighted by Crippen LogP contribution is 2.24. The maximum absolute atomic E-state index is 12.3. The van der Waals surface area contributed by atoms with Crippen molar-refractivity contribution in [2.45, 2.75) is 11.9 Å². The Kier molecular flexibility index (Phi) is 4.63. The van der Waals surface area contributed by atoms with Crippen LogP contribution in [0.15, 0.2) is 65.7 Å². The Bertz CT molecular complexity index is 833. The highest BCUT2D eigenvalue weighted by molar-refractivity contribution is 7.99.